The first-order chi connectivity index (χ1) is 24.9. The molecule has 0 aliphatic rings. The molecule has 2 heterocycles. The maximum atomic E-state index is 14.9. The van der Waals surface area contributed by atoms with E-state index in [1.165, 1.54) is 22.8 Å². The van der Waals surface area contributed by atoms with Gasteiger partial charge in [-0.05, 0) is 72.8 Å². The van der Waals surface area contributed by atoms with Crippen molar-refractivity contribution in [3.63, 3.8) is 0 Å². The van der Waals surface area contributed by atoms with E-state index in [2.05, 4.69) is 18.2 Å². The fourth-order valence-electron chi connectivity index (χ4n) is 7.16. The highest BCUT2D eigenvalue weighted by atomic mass is 19.4. The van der Waals surface area contributed by atoms with Crippen molar-refractivity contribution >= 4 is 43.6 Å². The summed E-state index contributed by atoms with van der Waals surface area (Å²) in [7, 11) is 0. The van der Waals surface area contributed by atoms with Crippen LogP contribution in [-0.4, -0.2) is 9.13 Å². The summed E-state index contributed by atoms with van der Waals surface area (Å²) in [6.45, 7) is 0. The van der Waals surface area contributed by atoms with Crippen molar-refractivity contribution in [2.24, 2.45) is 0 Å². The Balaban J connectivity index is 1.60. The van der Waals surface area contributed by atoms with Gasteiger partial charge in [0, 0.05) is 32.7 Å². The Hall–Kier alpha value is -7.03. The number of alkyl halides is 6. The van der Waals surface area contributed by atoms with Crippen LogP contribution in [0.2, 0.25) is 0 Å². The molecule has 2 aromatic heterocycles. The zero-order valence-electron chi connectivity index (χ0n) is 26.5. The quantitative estimate of drug-likeness (QED) is 0.173. The molecule has 0 aliphatic carbocycles. The number of aromatic nitrogens is 2. The first kappa shape index (κ1) is 32.2. The highest BCUT2D eigenvalue weighted by Gasteiger charge is 2.42. The van der Waals surface area contributed by atoms with Crippen molar-refractivity contribution in [3.05, 3.63) is 143 Å². The Kier molecular flexibility index (Phi) is 7.13. The average Bonchev–Trinajstić information content (AvgIpc) is 3.65. The van der Waals surface area contributed by atoms with Gasteiger partial charge in [0.25, 0.3) is 0 Å². The van der Waals surface area contributed by atoms with Gasteiger partial charge in [0.05, 0.1) is 73.4 Å². The van der Waals surface area contributed by atoms with Crippen LogP contribution in [0.5, 0.6) is 0 Å². The Morgan fingerprint density at radius 3 is 1.37 bits per heavy atom. The van der Waals surface area contributed by atoms with Crippen molar-refractivity contribution in [3.8, 4) is 40.7 Å². The number of rotatable bonds is 3. The molecule has 0 fully saturated rings. The average molecular weight is 696 g/mol. The minimum Gasteiger partial charge on any atom is -0.309 e. The van der Waals surface area contributed by atoms with Gasteiger partial charge in [-0.15, -0.1) is 0 Å². The molecule has 0 saturated heterocycles. The molecular formula is C41H19F6N5. The second-order valence-electron chi connectivity index (χ2n) is 12.1. The largest absolute Gasteiger partial charge is 0.417 e. The molecule has 52 heavy (non-hydrogen) atoms. The Morgan fingerprint density at radius 1 is 0.442 bits per heavy atom. The van der Waals surface area contributed by atoms with Crippen molar-refractivity contribution < 1.29 is 26.3 Å². The molecule has 8 aromatic rings. The van der Waals surface area contributed by atoms with Crippen LogP contribution in [0.1, 0.15) is 27.8 Å². The number of fused-ring (bicyclic) bond motifs is 6. The summed E-state index contributed by atoms with van der Waals surface area (Å²) in [6.07, 6.45) is -10.4. The number of hydrogen-bond acceptors (Lipinski definition) is 3. The molecule has 0 spiro atoms. The van der Waals surface area contributed by atoms with E-state index in [1.807, 2.05) is 0 Å². The second kappa shape index (κ2) is 11.5. The van der Waals surface area contributed by atoms with Crippen LogP contribution in [0.15, 0.2) is 115 Å². The van der Waals surface area contributed by atoms with Gasteiger partial charge in [-0.1, -0.05) is 42.5 Å². The van der Waals surface area contributed by atoms with E-state index in [0.717, 1.165) is 6.07 Å². The Morgan fingerprint density at radius 2 is 0.904 bits per heavy atom. The molecule has 0 aliphatic heterocycles. The predicted molar refractivity (Wildman–Crippen MR) is 185 cm³/mol. The van der Waals surface area contributed by atoms with Crippen LogP contribution < -0.4 is 0 Å². The van der Waals surface area contributed by atoms with Gasteiger partial charge >= 0.3 is 12.4 Å². The number of para-hydroxylation sites is 2. The van der Waals surface area contributed by atoms with Gasteiger partial charge in [-0.3, -0.25) is 0 Å². The number of nitrogens with zero attached hydrogens (tertiary/aromatic N) is 5. The summed E-state index contributed by atoms with van der Waals surface area (Å²) in [5, 5.41) is 32.3. The summed E-state index contributed by atoms with van der Waals surface area (Å²) < 4.78 is 92.5. The third-order valence-corrected chi connectivity index (χ3v) is 9.26. The van der Waals surface area contributed by atoms with E-state index in [-0.39, 0.29) is 16.9 Å². The smallest absolute Gasteiger partial charge is 0.309 e. The van der Waals surface area contributed by atoms with Gasteiger partial charge in [0.15, 0.2) is 0 Å². The number of halogens is 6. The summed E-state index contributed by atoms with van der Waals surface area (Å²) in [4.78, 5) is 0. The first-order valence-electron chi connectivity index (χ1n) is 15.7. The zero-order valence-corrected chi connectivity index (χ0v) is 26.5. The number of nitriles is 3. The van der Waals surface area contributed by atoms with Crippen LogP contribution in [-0.2, 0) is 12.4 Å². The molecule has 5 nitrogen and oxygen atoms in total. The third-order valence-electron chi connectivity index (χ3n) is 9.26. The molecule has 0 unspecified atom stereocenters. The van der Waals surface area contributed by atoms with Crippen LogP contribution in [0.25, 0.3) is 66.1 Å². The van der Waals surface area contributed by atoms with E-state index < -0.39 is 34.6 Å². The topological polar surface area (TPSA) is 81.2 Å². The fraction of sp³-hybridized carbons (Fsp3) is 0.0488. The summed E-state index contributed by atoms with van der Waals surface area (Å²) in [6, 6.07) is 34.1. The van der Waals surface area contributed by atoms with Crippen molar-refractivity contribution in [2.45, 2.75) is 12.4 Å². The lowest BCUT2D eigenvalue weighted by Crippen LogP contribution is -2.15. The molecular weight excluding hydrogens is 676 g/mol. The lowest BCUT2D eigenvalue weighted by molar-refractivity contribution is -0.142. The summed E-state index contributed by atoms with van der Waals surface area (Å²) >= 11 is 0. The molecule has 8 rings (SSSR count). The van der Waals surface area contributed by atoms with E-state index in [1.54, 1.807) is 83.4 Å². The minimum atomic E-state index is -5.20. The van der Waals surface area contributed by atoms with Crippen molar-refractivity contribution in [1.29, 1.82) is 15.8 Å². The molecule has 0 atom stereocenters. The fourth-order valence-corrected chi connectivity index (χ4v) is 7.16. The molecule has 11 heteroatoms. The third kappa shape index (κ3) is 4.85. The number of hydrogen-bond donors (Lipinski definition) is 0. The van der Waals surface area contributed by atoms with E-state index >= 15 is 0 Å². The highest BCUT2D eigenvalue weighted by Crippen LogP contribution is 2.48. The number of benzene rings is 6. The van der Waals surface area contributed by atoms with Gasteiger partial charge in [-0.25, -0.2) is 0 Å². The predicted octanol–water partition coefficient (Wildman–Crippen LogP) is 11.2. The van der Waals surface area contributed by atoms with Crippen LogP contribution >= 0.6 is 0 Å². The first-order valence-corrected chi connectivity index (χ1v) is 15.7. The standard InChI is InChI=1S/C41H19F6N5/c42-40(43,44)31-8-5-9-32(41(45,46)47)39(31)30-19-37(51-33-10-3-1-6-26(33)28-16-23(20-48)12-14-35(28)51)25(22-50)18-38(30)52-34-11-4-2-7-27(34)29-17-24(21-49)13-15-36(29)52/h1-19H. The monoisotopic (exact) mass is 695 g/mol. The molecule has 0 N–H and O–H groups in total. The Bertz CT molecular complexity index is 2890. The lowest BCUT2D eigenvalue weighted by atomic mass is 9.90. The van der Waals surface area contributed by atoms with Crippen molar-refractivity contribution in [1.82, 2.24) is 9.13 Å². The normalized spacial score (nSPS) is 12.0. The Labute approximate surface area is 290 Å². The van der Waals surface area contributed by atoms with Crippen LogP contribution in [0, 0.1) is 34.0 Å². The molecule has 0 amide bonds. The van der Waals surface area contributed by atoms with E-state index in [9.17, 15) is 42.1 Å². The summed E-state index contributed by atoms with van der Waals surface area (Å²) in [5.74, 6) is 0. The van der Waals surface area contributed by atoms with E-state index in [0.29, 0.717) is 66.9 Å². The SMILES string of the molecule is N#Cc1ccc2c(c1)c1ccccc1n2-c1cc(-c2c(C(F)(F)F)cccc2C(F)(F)F)c(-n2c3ccccc3c3cc(C#N)ccc32)cc1C#N. The molecule has 6 aromatic carbocycles. The zero-order chi connectivity index (χ0) is 36.5. The maximum absolute atomic E-state index is 14.9. The lowest BCUT2D eigenvalue weighted by Gasteiger charge is -2.23. The van der Waals surface area contributed by atoms with Crippen molar-refractivity contribution in [2.75, 3.05) is 0 Å². The van der Waals surface area contributed by atoms with Gasteiger partial charge < -0.3 is 9.13 Å². The van der Waals surface area contributed by atoms with Crippen LogP contribution in [0.4, 0.5) is 26.3 Å². The second-order valence-corrected chi connectivity index (χ2v) is 12.1. The summed E-state index contributed by atoms with van der Waals surface area (Å²) in [5.41, 5.74) is -2.18. The molecule has 0 saturated carbocycles. The minimum absolute atomic E-state index is 0.0368. The van der Waals surface area contributed by atoms with Gasteiger partial charge in [0.2, 0.25) is 0 Å². The van der Waals surface area contributed by atoms with E-state index in [4.69, 9.17) is 0 Å². The molecule has 0 bridgehead atoms. The maximum Gasteiger partial charge on any atom is 0.417 e. The van der Waals surface area contributed by atoms with Gasteiger partial charge in [-0.2, -0.15) is 42.1 Å². The molecule has 0 radical (unpaired) electrons. The van der Waals surface area contributed by atoms with Crippen LogP contribution in [0.3, 0.4) is 0 Å². The van der Waals surface area contributed by atoms with Gasteiger partial charge in [0.1, 0.15) is 6.07 Å². The highest BCUT2D eigenvalue weighted by molar-refractivity contribution is 6.11. The molecule has 250 valence electrons.